The Bertz CT molecular complexity index is 473. The molecule has 2 atom stereocenters. The number of aromatic nitrogens is 1. The molecule has 1 fully saturated rings. The van der Waals surface area contributed by atoms with Crippen molar-refractivity contribution in [1.29, 1.82) is 0 Å². The minimum atomic E-state index is -0.671. The Hall–Kier alpha value is -1.33. The molecule has 20 heavy (non-hydrogen) atoms. The highest BCUT2D eigenvalue weighted by Gasteiger charge is 2.30. The van der Waals surface area contributed by atoms with Crippen molar-refractivity contribution in [3.05, 3.63) is 29.8 Å². The number of nitrogens with zero attached hydrogens (tertiary/aromatic N) is 2. The van der Waals surface area contributed by atoms with Gasteiger partial charge in [-0.1, -0.05) is 6.92 Å². The van der Waals surface area contributed by atoms with Gasteiger partial charge in [0.1, 0.15) is 11.5 Å². The van der Waals surface area contributed by atoms with E-state index in [4.69, 9.17) is 0 Å². The van der Waals surface area contributed by atoms with Gasteiger partial charge in [-0.05, 0) is 38.4 Å². The van der Waals surface area contributed by atoms with E-state index < -0.39 is 11.4 Å². The number of hydrogen-bond donors (Lipinski definition) is 1. The lowest BCUT2D eigenvalue weighted by atomic mass is 9.93. The summed E-state index contributed by atoms with van der Waals surface area (Å²) in [5.41, 5.74) is -0.377. The number of carbonyl (C=O) groups is 1. The second kappa shape index (κ2) is 5.97. The topological polar surface area (TPSA) is 53.4 Å². The number of rotatable bonds is 4. The molecule has 1 aliphatic heterocycles. The number of pyridine rings is 1. The van der Waals surface area contributed by atoms with E-state index in [2.05, 4.69) is 9.88 Å². The molecular formula is C15H21FN2O2. The number of piperidine rings is 1. The van der Waals surface area contributed by atoms with Crippen molar-refractivity contribution < 1.29 is 14.3 Å². The van der Waals surface area contributed by atoms with Gasteiger partial charge >= 0.3 is 0 Å². The Morgan fingerprint density at radius 1 is 1.60 bits per heavy atom. The maximum atomic E-state index is 12.8. The molecule has 1 N–H and O–H groups in total. The fourth-order valence-corrected chi connectivity index (χ4v) is 2.72. The molecule has 1 aromatic rings. The van der Waals surface area contributed by atoms with Gasteiger partial charge in [0.2, 0.25) is 0 Å². The first-order chi connectivity index (χ1) is 9.37. The lowest BCUT2D eigenvalue weighted by Crippen LogP contribution is -2.48. The smallest absolute Gasteiger partial charge is 0.185 e. The third-order valence-corrected chi connectivity index (χ3v) is 3.71. The minimum Gasteiger partial charge on any atom is -0.389 e. The van der Waals surface area contributed by atoms with E-state index in [0.29, 0.717) is 18.8 Å². The third kappa shape index (κ3) is 3.84. The highest BCUT2D eigenvalue weighted by atomic mass is 19.1. The zero-order valence-corrected chi connectivity index (χ0v) is 12.0. The molecule has 0 aliphatic carbocycles. The van der Waals surface area contributed by atoms with E-state index in [1.165, 1.54) is 12.1 Å². The molecule has 2 rings (SSSR count). The van der Waals surface area contributed by atoms with Crippen LogP contribution in [0.25, 0.3) is 0 Å². The lowest BCUT2D eigenvalue weighted by Gasteiger charge is -2.37. The zero-order valence-electron chi connectivity index (χ0n) is 12.0. The summed E-state index contributed by atoms with van der Waals surface area (Å²) in [7, 11) is 0. The van der Waals surface area contributed by atoms with E-state index in [0.717, 1.165) is 25.6 Å². The number of carbonyl (C=O) groups excluding carboxylic acids is 1. The molecule has 0 spiro atoms. The van der Waals surface area contributed by atoms with Gasteiger partial charge in [-0.25, -0.2) is 4.39 Å². The monoisotopic (exact) mass is 280 g/mol. The van der Waals surface area contributed by atoms with Crippen LogP contribution in [0.4, 0.5) is 4.39 Å². The van der Waals surface area contributed by atoms with Crippen LogP contribution in [0.3, 0.4) is 0 Å². The van der Waals surface area contributed by atoms with Gasteiger partial charge < -0.3 is 5.11 Å². The lowest BCUT2D eigenvalue weighted by molar-refractivity contribution is -0.0185. The fraction of sp³-hybridized carbons (Fsp3) is 0.600. The van der Waals surface area contributed by atoms with Gasteiger partial charge in [0.05, 0.1) is 11.8 Å². The average molecular weight is 280 g/mol. The van der Waals surface area contributed by atoms with Crippen LogP contribution in [0.2, 0.25) is 0 Å². The Kier molecular flexibility index (Phi) is 4.50. The number of Topliss-reactive ketones (excluding diaryl/α,β-unsaturated/α-hetero) is 1. The predicted octanol–water partition coefficient (Wildman–Crippen LogP) is 1.89. The number of hydrogen-bond acceptors (Lipinski definition) is 4. The molecule has 0 aromatic carbocycles. The van der Waals surface area contributed by atoms with E-state index >= 15 is 0 Å². The first-order valence-corrected chi connectivity index (χ1v) is 6.98. The Morgan fingerprint density at radius 3 is 2.95 bits per heavy atom. The standard InChI is InChI=1S/C15H21FN2O2/c1-11(9-18-7-3-6-15(2,20)10-18)14(19)13-5-4-12(16)8-17-13/h4-5,8,11,20H,3,6-7,9-10H2,1-2H3. The summed E-state index contributed by atoms with van der Waals surface area (Å²) in [6.45, 7) is 5.74. The number of halogens is 1. The molecule has 1 aromatic heterocycles. The maximum Gasteiger partial charge on any atom is 0.185 e. The quantitative estimate of drug-likeness (QED) is 0.856. The Morgan fingerprint density at radius 2 is 2.35 bits per heavy atom. The molecule has 2 heterocycles. The van der Waals surface area contributed by atoms with Crippen molar-refractivity contribution in [1.82, 2.24) is 9.88 Å². The van der Waals surface area contributed by atoms with Crippen molar-refractivity contribution in [2.75, 3.05) is 19.6 Å². The molecule has 4 nitrogen and oxygen atoms in total. The van der Waals surface area contributed by atoms with E-state index in [-0.39, 0.29) is 11.7 Å². The van der Waals surface area contributed by atoms with Crippen molar-refractivity contribution in [2.45, 2.75) is 32.3 Å². The summed E-state index contributed by atoms with van der Waals surface area (Å²) in [6.07, 6.45) is 2.79. The van der Waals surface area contributed by atoms with E-state index in [1.54, 1.807) is 0 Å². The Balaban J connectivity index is 1.95. The summed E-state index contributed by atoms with van der Waals surface area (Å²) >= 11 is 0. The first-order valence-electron chi connectivity index (χ1n) is 6.98. The van der Waals surface area contributed by atoms with Crippen molar-refractivity contribution in [2.24, 2.45) is 5.92 Å². The zero-order chi connectivity index (χ0) is 14.8. The molecule has 1 aliphatic rings. The average Bonchev–Trinajstić information content (AvgIpc) is 2.37. The maximum absolute atomic E-state index is 12.8. The molecule has 0 bridgehead atoms. The fourth-order valence-electron chi connectivity index (χ4n) is 2.72. The molecule has 5 heteroatoms. The third-order valence-electron chi connectivity index (χ3n) is 3.71. The van der Waals surface area contributed by atoms with Crippen LogP contribution in [0.15, 0.2) is 18.3 Å². The van der Waals surface area contributed by atoms with Crippen LogP contribution in [0.5, 0.6) is 0 Å². The second-order valence-electron chi connectivity index (χ2n) is 5.96. The number of ketones is 1. The predicted molar refractivity (Wildman–Crippen MR) is 74.0 cm³/mol. The summed E-state index contributed by atoms with van der Waals surface area (Å²) in [4.78, 5) is 18.2. The van der Waals surface area contributed by atoms with Crippen LogP contribution >= 0.6 is 0 Å². The molecule has 0 saturated carbocycles. The second-order valence-corrected chi connectivity index (χ2v) is 5.96. The van der Waals surface area contributed by atoms with Gasteiger partial charge in [0.15, 0.2) is 5.78 Å². The number of β-amino-alcohol motifs (C(OH)–C–C–N with tert-alkyl or cyclic N) is 1. The van der Waals surface area contributed by atoms with Crippen LogP contribution in [0.1, 0.15) is 37.2 Å². The van der Waals surface area contributed by atoms with Crippen LogP contribution in [-0.2, 0) is 0 Å². The van der Waals surface area contributed by atoms with Crippen LogP contribution < -0.4 is 0 Å². The summed E-state index contributed by atoms with van der Waals surface area (Å²) in [6, 6.07) is 2.67. The largest absolute Gasteiger partial charge is 0.389 e. The highest BCUT2D eigenvalue weighted by Crippen LogP contribution is 2.21. The van der Waals surface area contributed by atoms with E-state index in [9.17, 15) is 14.3 Å². The van der Waals surface area contributed by atoms with Crippen molar-refractivity contribution in [3.8, 4) is 0 Å². The summed E-state index contributed by atoms with van der Waals surface area (Å²) < 4.78 is 12.8. The highest BCUT2D eigenvalue weighted by molar-refractivity contribution is 5.95. The Labute approximate surface area is 118 Å². The SMILES string of the molecule is CC(CN1CCCC(C)(O)C1)C(=O)c1ccc(F)cn1. The summed E-state index contributed by atoms with van der Waals surface area (Å²) in [5.74, 6) is -0.752. The van der Waals surface area contributed by atoms with E-state index in [1.807, 2.05) is 13.8 Å². The first kappa shape index (κ1) is 15.1. The van der Waals surface area contributed by atoms with Gasteiger partial charge in [-0.15, -0.1) is 0 Å². The van der Waals surface area contributed by atoms with Crippen molar-refractivity contribution >= 4 is 5.78 Å². The van der Waals surface area contributed by atoms with Crippen LogP contribution in [-0.4, -0.2) is 46.0 Å². The number of likely N-dealkylation sites (tertiary alicyclic amines) is 1. The van der Waals surface area contributed by atoms with Gasteiger partial charge in [0.25, 0.3) is 0 Å². The minimum absolute atomic E-state index is 0.0878. The van der Waals surface area contributed by atoms with Gasteiger partial charge in [-0.2, -0.15) is 0 Å². The molecule has 1 saturated heterocycles. The van der Waals surface area contributed by atoms with Gasteiger partial charge in [0, 0.05) is 19.0 Å². The van der Waals surface area contributed by atoms with Gasteiger partial charge in [-0.3, -0.25) is 14.7 Å². The molecule has 0 amide bonds. The summed E-state index contributed by atoms with van der Waals surface area (Å²) in [5, 5.41) is 10.1. The molecular weight excluding hydrogens is 259 g/mol. The molecule has 110 valence electrons. The number of aliphatic hydroxyl groups is 1. The van der Waals surface area contributed by atoms with Crippen molar-refractivity contribution in [3.63, 3.8) is 0 Å². The molecule has 2 unspecified atom stereocenters. The van der Waals surface area contributed by atoms with Crippen LogP contribution in [0, 0.1) is 11.7 Å². The normalized spacial score (nSPS) is 25.4. The molecule has 0 radical (unpaired) electrons.